The van der Waals surface area contributed by atoms with Crippen LogP contribution in [0.15, 0.2) is 48.5 Å². The second-order valence-electron chi connectivity index (χ2n) is 5.12. The van der Waals surface area contributed by atoms with Crippen molar-refractivity contribution in [3.05, 3.63) is 64.1 Å². The fraction of sp³-hybridized carbons (Fsp3) is 0.278. The standard InChI is InChI=1S/C18H19Cl2NO2S/c1-13(23-14-6-3-2-4-7-14)18(22)21-10-11-24-12-15-16(19)8-5-9-17(15)20/h2-9,13H,10-12H2,1H3,(H,21,22). The van der Waals surface area contributed by atoms with Crippen molar-refractivity contribution in [1.29, 1.82) is 0 Å². The van der Waals surface area contributed by atoms with Crippen molar-refractivity contribution >= 4 is 40.9 Å². The summed E-state index contributed by atoms with van der Waals surface area (Å²) in [7, 11) is 0. The Bertz CT molecular complexity index is 647. The molecular weight excluding hydrogens is 365 g/mol. The number of para-hydroxylation sites is 1. The molecule has 1 unspecified atom stereocenters. The molecule has 0 aromatic heterocycles. The molecule has 0 aliphatic carbocycles. The van der Waals surface area contributed by atoms with Crippen molar-refractivity contribution in [3.8, 4) is 5.75 Å². The number of amides is 1. The van der Waals surface area contributed by atoms with E-state index in [9.17, 15) is 4.79 Å². The molecule has 0 saturated heterocycles. The molecule has 0 saturated carbocycles. The fourth-order valence-corrected chi connectivity index (χ4v) is 3.59. The van der Waals surface area contributed by atoms with E-state index in [1.165, 1.54) is 0 Å². The first-order chi connectivity index (χ1) is 11.6. The minimum absolute atomic E-state index is 0.129. The van der Waals surface area contributed by atoms with Crippen LogP contribution in [0.4, 0.5) is 0 Å². The van der Waals surface area contributed by atoms with E-state index in [1.54, 1.807) is 18.7 Å². The van der Waals surface area contributed by atoms with Gasteiger partial charge < -0.3 is 10.1 Å². The Balaban J connectivity index is 1.67. The topological polar surface area (TPSA) is 38.3 Å². The van der Waals surface area contributed by atoms with Crippen LogP contribution in [-0.2, 0) is 10.5 Å². The lowest BCUT2D eigenvalue weighted by atomic mass is 10.2. The summed E-state index contributed by atoms with van der Waals surface area (Å²) in [5.74, 6) is 2.04. The number of carbonyl (C=O) groups excluding carboxylic acids is 1. The first-order valence-corrected chi connectivity index (χ1v) is 9.49. The predicted octanol–water partition coefficient (Wildman–Crippen LogP) is 4.81. The predicted molar refractivity (Wildman–Crippen MR) is 102 cm³/mol. The summed E-state index contributed by atoms with van der Waals surface area (Å²) in [6.45, 7) is 2.30. The molecule has 24 heavy (non-hydrogen) atoms. The largest absolute Gasteiger partial charge is 0.481 e. The molecule has 0 bridgehead atoms. The molecule has 6 heteroatoms. The number of thioether (sulfide) groups is 1. The first kappa shape index (κ1) is 19.0. The van der Waals surface area contributed by atoms with Crippen LogP contribution >= 0.6 is 35.0 Å². The quantitative estimate of drug-likeness (QED) is 0.664. The molecule has 0 aliphatic rings. The van der Waals surface area contributed by atoms with Gasteiger partial charge in [-0.2, -0.15) is 11.8 Å². The van der Waals surface area contributed by atoms with Crippen LogP contribution in [0.25, 0.3) is 0 Å². The van der Waals surface area contributed by atoms with Gasteiger partial charge in [0.25, 0.3) is 5.91 Å². The molecule has 2 rings (SSSR count). The van der Waals surface area contributed by atoms with Gasteiger partial charge in [-0.15, -0.1) is 0 Å². The Morgan fingerprint density at radius 3 is 2.46 bits per heavy atom. The zero-order valence-electron chi connectivity index (χ0n) is 13.3. The maximum absolute atomic E-state index is 12.0. The highest BCUT2D eigenvalue weighted by Gasteiger charge is 2.13. The van der Waals surface area contributed by atoms with Crippen LogP contribution in [0.2, 0.25) is 10.0 Å². The number of hydrogen-bond donors (Lipinski definition) is 1. The van der Waals surface area contributed by atoms with Gasteiger partial charge in [-0.25, -0.2) is 0 Å². The van der Waals surface area contributed by atoms with Crippen LogP contribution in [0.3, 0.4) is 0 Å². The van der Waals surface area contributed by atoms with E-state index in [2.05, 4.69) is 5.32 Å². The SMILES string of the molecule is CC(Oc1ccccc1)C(=O)NCCSCc1c(Cl)cccc1Cl. The van der Waals surface area contributed by atoms with E-state index in [0.717, 1.165) is 11.3 Å². The highest BCUT2D eigenvalue weighted by molar-refractivity contribution is 7.98. The fourth-order valence-electron chi connectivity index (χ4n) is 1.99. The highest BCUT2D eigenvalue weighted by Crippen LogP contribution is 2.27. The molecule has 0 fully saturated rings. The van der Waals surface area contributed by atoms with Gasteiger partial charge in [-0.1, -0.05) is 47.5 Å². The summed E-state index contributed by atoms with van der Waals surface area (Å²) in [6, 6.07) is 14.8. The summed E-state index contributed by atoms with van der Waals surface area (Å²) < 4.78 is 5.58. The Morgan fingerprint density at radius 2 is 1.79 bits per heavy atom. The number of halogens is 2. The van der Waals surface area contributed by atoms with E-state index < -0.39 is 6.10 Å². The smallest absolute Gasteiger partial charge is 0.260 e. The Hall–Kier alpha value is -1.36. The number of benzene rings is 2. The first-order valence-electron chi connectivity index (χ1n) is 7.58. The lowest BCUT2D eigenvalue weighted by Crippen LogP contribution is -2.37. The Kier molecular flexibility index (Phi) is 7.76. The molecule has 0 heterocycles. The molecular formula is C18H19Cl2NO2S. The van der Waals surface area contributed by atoms with E-state index in [4.69, 9.17) is 27.9 Å². The number of carbonyl (C=O) groups is 1. The second-order valence-corrected chi connectivity index (χ2v) is 7.04. The summed E-state index contributed by atoms with van der Waals surface area (Å²) in [6.07, 6.45) is -0.532. The van der Waals surface area contributed by atoms with Gasteiger partial charge in [-0.3, -0.25) is 4.79 Å². The zero-order valence-corrected chi connectivity index (χ0v) is 15.6. The molecule has 0 spiro atoms. The van der Waals surface area contributed by atoms with Crippen LogP contribution < -0.4 is 10.1 Å². The Labute approximate surface area is 156 Å². The minimum Gasteiger partial charge on any atom is -0.481 e. The minimum atomic E-state index is -0.532. The van der Waals surface area contributed by atoms with Crippen molar-refractivity contribution in [3.63, 3.8) is 0 Å². The van der Waals surface area contributed by atoms with Crippen LogP contribution in [0, 0.1) is 0 Å². The number of ether oxygens (including phenoxy) is 1. The number of hydrogen-bond acceptors (Lipinski definition) is 3. The molecule has 1 N–H and O–H groups in total. The summed E-state index contributed by atoms with van der Waals surface area (Å²) in [5.41, 5.74) is 0.929. The third kappa shape index (κ3) is 5.93. The summed E-state index contributed by atoms with van der Waals surface area (Å²) in [4.78, 5) is 12.0. The maximum Gasteiger partial charge on any atom is 0.260 e. The van der Waals surface area contributed by atoms with Crippen LogP contribution in [0.1, 0.15) is 12.5 Å². The van der Waals surface area contributed by atoms with Gasteiger partial charge >= 0.3 is 0 Å². The Morgan fingerprint density at radius 1 is 1.12 bits per heavy atom. The van der Waals surface area contributed by atoms with Gasteiger partial charge in [0.05, 0.1) is 0 Å². The van der Waals surface area contributed by atoms with E-state index in [0.29, 0.717) is 28.1 Å². The van der Waals surface area contributed by atoms with Crippen molar-refractivity contribution in [2.75, 3.05) is 12.3 Å². The highest BCUT2D eigenvalue weighted by atomic mass is 35.5. The van der Waals surface area contributed by atoms with Gasteiger partial charge in [0, 0.05) is 28.1 Å². The van der Waals surface area contributed by atoms with Gasteiger partial charge in [0.2, 0.25) is 0 Å². The van der Waals surface area contributed by atoms with E-state index in [1.807, 2.05) is 48.5 Å². The molecule has 128 valence electrons. The molecule has 0 aliphatic heterocycles. The molecule has 1 amide bonds. The van der Waals surface area contributed by atoms with Crippen LogP contribution in [-0.4, -0.2) is 24.3 Å². The molecule has 2 aromatic rings. The van der Waals surface area contributed by atoms with E-state index >= 15 is 0 Å². The van der Waals surface area contributed by atoms with E-state index in [-0.39, 0.29) is 5.91 Å². The number of nitrogens with one attached hydrogen (secondary N) is 1. The average Bonchev–Trinajstić information content (AvgIpc) is 2.57. The summed E-state index contributed by atoms with van der Waals surface area (Å²) >= 11 is 13.9. The van der Waals surface area contributed by atoms with Gasteiger partial charge in [-0.05, 0) is 36.8 Å². The number of rotatable bonds is 8. The third-order valence-corrected chi connectivity index (χ3v) is 4.97. The van der Waals surface area contributed by atoms with Crippen molar-refractivity contribution in [2.24, 2.45) is 0 Å². The van der Waals surface area contributed by atoms with Crippen LogP contribution in [0.5, 0.6) is 5.75 Å². The maximum atomic E-state index is 12.0. The van der Waals surface area contributed by atoms with Crippen molar-refractivity contribution in [2.45, 2.75) is 18.8 Å². The lowest BCUT2D eigenvalue weighted by molar-refractivity contribution is -0.127. The lowest BCUT2D eigenvalue weighted by Gasteiger charge is -2.14. The van der Waals surface area contributed by atoms with Gasteiger partial charge in [0.1, 0.15) is 5.75 Å². The van der Waals surface area contributed by atoms with Crippen molar-refractivity contribution in [1.82, 2.24) is 5.32 Å². The molecule has 3 nitrogen and oxygen atoms in total. The molecule has 0 radical (unpaired) electrons. The third-order valence-electron chi connectivity index (χ3n) is 3.28. The molecule has 2 aromatic carbocycles. The average molecular weight is 384 g/mol. The van der Waals surface area contributed by atoms with Crippen molar-refractivity contribution < 1.29 is 9.53 Å². The monoisotopic (exact) mass is 383 g/mol. The zero-order chi connectivity index (χ0) is 17.4. The molecule has 1 atom stereocenters. The second kappa shape index (κ2) is 9.82. The summed E-state index contributed by atoms with van der Waals surface area (Å²) in [5, 5.41) is 4.21. The van der Waals surface area contributed by atoms with Gasteiger partial charge in [0.15, 0.2) is 6.10 Å². The normalized spacial score (nSPS) is 11.8.